The van der Waals surface area contributed by atoms with Crippen molar-refractivity contribution < 1.29 is 9.72 Å². The molecule has 4 nitrogen and oxygen atoms in total. The molecule has 0 fully saturated rings. The maximum Gasteiger partial charge on any atom is 0.280 e. The summed E-state index contributed by atoms with van der Waals surface area (Å²) in [6, 6.07) is 6.45. The number of hydrogen-bond donors (Lipinski definition) is 0. The van der Waals surface area contributed by atoms with E-state index >= 15 is 0 Å². The second-order valence-corrected chi connectivity index (χ2v) is 4.79. The normalized spacial score (nSPS) is 10.3. The molecule has 0 unspecified atom stereocenters. The van der Waals surface area contributed by atoms with Crippen LogP contribution in [0.2, 0.25) is 0 Å². The van der Waals surface area contributed by atoms with E-state index in [0.717, 1.165) is 11.1 Å². The minimum absolute atomic E-state index is 0.124. The first-order chi connectivity index (χ1) is 8.58. The Morgan fingerprint density at radius 1 is 1.39 bits per heavy atom. The van der Waals surface area contributed by atoms with Gasteiger partial charge in [-0.05, 0) is 40.9 Å². The number of nitrogens with zero attached hydrogens (tertiary/aromatic N) is 1. The van der Waals surface area contributed by atoms with Gasteiger partial charge in [0, 0.05) is 12.5 Å². The molecule has 1 aromatic carbocycles. The molecule has 0 saturated heterocycles. The predicted molar refractivity (Wildman–Crippen MR) is 70.2 cm³/mol. The monoisotopic (exact) mass is 261 g/mol. The topological polar surface area (TPSA) is 60.2 Å². The summed E-state index contributed by atoms with van der Waals surface area (Å²) in [6.45, 7) is 1.81. The lowest BCUT2D eigenvalue weighted by Gasteiger charge is -2.03. The zero-order chi connectivity index (χ0) is 13.1. The summed E-state index contributed by atoms with van der Waals surface area (Å²) in [5.74, 6) is -0.219. The molecule has 1 aromatic heterocycles. The zero-order valence-electron chi connectivity index (χ0n) is 9.75. The lowest BCUT2D eigenvalue weighted by Crippen LogP contribution is -2.07. The Kier molecular flexibility index (Phi) is 3.53. The van der Waals surface area contributed by atoms with Gasteiger partial charge in [-0.25, -0.2) is 0 Å². The molecule has 0 aliphatic heterocycles. The highest BCUT2D eigenvalue weighted by Crippen LogP contribution is 2.22. The summed E-state index contributed by atoms with van der Waals surface area (Å²) < 4.78 is 0. The minimum Gasteiger partial charge on any atom is -0.294 e. The van der Waals surface area contributed by atoms with E-state index in [-0.39, 0.29) is 23.5 Å². The molecule has 0 spiro atoms. The van der Waals surface area contributed by atoms with Crippen LogP contribution in [0.3, 0.4) is 0 Å². The van der Waals surface area contributed by atoms with E-state index in [1.807, 2.05) is 23.8 Å². The van der Waals surface area contributed by atoms with Crippen LogP contribution in [0.15, 0.2) is 35.0 Å². The molecule has 0 radical (unpaired) electrons. The fourth-order valence-electron chi connectivity index (χ4n) is 1.71. The lowest BCUT2D eigenvalue weighted by atomic mass is 10.0. The van der Waals surface area contributed by atoms with Crippen molar-refractivity contribution in [1.82, 2.24) is 0 Å². The molecule has 5 heteroatoms. The third-order valence-corrected chi connectivity index (χ3v) is 3.33. The van der Waals surface area contributed by atoms with Crippen molar-refractivity contribution in [1.29, 1.82) is 0 Å². The molecule has 0 amide bonds. The number of thiophene rings is 1. The quantitative estimate of drug-likeness (QED) is 0.481. The molecule has 0 aliphatic carbocycles. The number of Topliss-reactive ketones (excluding diaryl/α,β-unsaturated/α-hetero) is 1. The van der Waals surface area contributed by atoms with Crippen molar-refractivity contribution in [3.63, 3.8) is 0 Å². The van der Waals surface area contributed by atoms with Crippen LogP contribution in [0.4, 0.5) is 5.69 Å². The highest BCUT2D eigenvalue weighted by atomic mass is 32.1. The van der Waals surface area contributed by atoms with Gasteiger partial charge in [0.1, 0.15) is 0 Å². The number of benzene rings is 1. The van der Waals surface area contributed by atoms with Crippen molar-refractivity contribution >= 4 is 22.8 Å². The van der Waals surface area contributed by atoms with Gasteiger partial charge >= 0.3 is 0 Å². The first-order valence-electron chi connectivity index (χ1n) is 5.37. The molecular formula is C13H11NO3S. The molecule has 0 N–H and O–H groups in total. The first-order valence-corrected chi connectivity index (χ1v) is 6.31. The largest absolute Gasteiger partial charge is 0.294 e. The molecule has 0 atom stereocenters. The Labute approximate surface area is 108 Å². The van der Waals surface area contributed by atoms with Crippen molar-refractivity contribution in [2.45, 2.75) is 13.3 Å². The number of ketones is 1. The van der Waals surface area contributed by atoms with Crippen LogP contribution >= 0.6 is 11.3 Å². The second-order valence-electron chi connectivity index (χ2n) is 4.01. The maximum atomic E-state index is 12.1. The summed E-state index contributed by atoms with van der Waals surface area (Å²) in [5.41, 5.74) is 1.79. The average Bonchev–Trinajstić information content (AvgIpc) is 2.81. The number of nitro groups is 1. The molecule has 0 bridgehead atoms. The van der Waals surface area contributed by atoms with Crippen LogP contribution in [0, 0.1) is 17.0 Å². The standard InChI is InChI=1S/C13H11NO3S/c1-9-2-3-12(14(16)17)11(6-9)13(15)7-10-4-5-18-8-10/h2-6,8H,7H2,1H3. The molecule has 2 rings (SSSR count). The molecule has 0 saturated carbocycles. The number of carbonyl (C=O) groups is 1. The highest BCUT2D eigenvalue weighted by Gasteiger charge is 2.20. The van der Waals surface area contributed by atoms with Gasteiger partial charge in [-0.15, -0.1) is 0 Å². The SMILES string of the molecule is Cc1ccc([N+](=O)[O-])c(C(=O)Cc2ccsc2)c1. The van der Waals surface area contributed by atoms with Crippen molar-refractivity contribution in [2.24, 2.45) is 0 Å². The van der Waals surface area contributed by atoms with Crippen LogP contribution in [0.25, 0.3) is 0 Å². The fourth-order valence-corrected chi connectivity index (χ4v) is 2.37. The number of carbonyl (C=O) groups excluding carboxylic acids is 1. The van der Waals surface area contributed by atoms with E-state index < -0.39 is 4.92 Å². The Hall–Kier alpha value is -2.01. The lowest BCUT2D eigenvalue weighted by molar-refractivity contribution is -0.385. The smallest absolute Gasteiger partial charge is 0.280 e. The Bertz CT molecular complexity index is 590. The van der Waals surface area contributed by atoms with Crippen LogP contribution in [-0.2, 0) is 6.42 Å². The first kappa shape index (κ1) is 12.4. The summed E-state index contributed by atoms with van der Waals surface area (Å²) in [5, 5.41) is 14.7. The summed E-state index contributed by atoms with van der Waals surface area (Å²) in [6.07, 6.45) is 0.202. The van der Waals surface area contributed by atoms with E-state index in [9.17, 15) is 14.9 Å². The molecule has 2 aromatic rings. The third kappa shape index (κ3) is 2.62. The van der Waals surface area contributed by atoms with E-state index in [2.05, 4.69) is 0 Å². The molecular weight excluding hydrogens is 250 g/mol. The number of nitro benzene ring substituents is 1. The molecule has 1 heterocycles. The zero-order valence-corrected chi connectivity index (χ0v) is 10.6. The molecule has 92 valence electrons. The van der Waals surface area contributed by atoms with Crippen LogP contribution in [-0.4, -0.2) is 10.7 Å². The average molecular weight is 261 g/mol. The highest BCUT2D eigenvalue weighted by molar-refractivity contribution is 7.08. The van der Waals surface area contributed by atoms with Gasteiger partial charge in [-0.2, -0.15) is 11.3 Å². The Balaban J connectivity index is 2.34. The summed E-state index contributed by atoms with van der Waals surface area (Å²) in [4.78, 5) is 22.5. The second kappa shape index (κ2) is 5.10. The van der Waals surface area contributed by atoms with Gasteiger partial charge in [-0.3, -0.25) is 14.9 Å². The van der Waals surface area contributed by atoms with E-state index in [1.54, 1.807) is 12.1 Å². The van der Waals surface area contributed by atoms with Gasteiger partial charge in [0.05, 0.1) is 10.5 Å². The van der Waals surface area contributed by atoms with Crippen molar-refractivity contribution in [3.05, 3.63) is 61.8 Å². The van der Waals surface area contributed by atoms with E-state index in [1.165, 1.54) is 17.4 Å². The van der Waals surface area contributed by atoms with E-state index in [4.69, 9.17) is 0 Å². The Morgan fingerprint density at radius 3 is 2.78 bits per heavy atom. The van der Waals surface area contributed by atoms with Gasteiger partial charge in [0.25, 0.3) is 5.69 Å². The van der Waals surface area contributed by atoms with Crippen molar-refractivity contribution in [3.8, 4) is 0 Å². The third-order valence-electron chi connectivity index (χ3n) is 2.59. The maximum absolute atomic E-state index is 12.1. The molecule has 18 heavy (non-hydrogen) atoms. The van der Waals surface area contributed by atoms with Crippen LogP contribution in [0.1, 0.15) is 21.5 Å². The Morgan fingerprint density at radius 2 is 2.17 bits per heavy atom. The van der Waals surface area contributed by atoms with Gasteiger partial charge in [0.2, 0.25) is 0 Å². The minimum atomic E-state index is -0.514. The fraction of sp³-hybridized carbons (Fsp3) is 0.154. The summed E-state index contributed by atoms with van der Waals surface area (Å²) >= 11 is 1.50. The predicted octanol–water partition coefficient (Wildman–Crippen LogP) is 3.39. The number of rotatable bonds is 4. The van der Waals surface area contributed by atoms with E-state index in [0.29, 0.717) is 0 Å². The summed E-state index contributed by atoms with van der Waals surface area (Å²) in [7, 11) is 0. The van der Waals surface area contributed by atoms with Gasteiger partial charge in [-0.1, -0.05) is 6.07 Å². The molecule has 0 aliphatic rings. The van der Waals surface area contributed by atoms with Crippen LogP contribution in [0.5, 0.6) is 0 Å². The van der Waals surface area contributed by atoms with Gasteiger partial charge in [0.15, 0.2) is 5.78 Å². The number of aryl methyl sites for hydroxylation is 1. The van der Waals surface area contributed by atoms with Crippen molar-refractivity contribution in [2.75, 3.05) is 0 Å². The van der Waals surface area contributed by atoms with Gasteiger partial charge < -0.3 is 0 Å². The van der Waals surface area contributed by atoms with Crippen LogP contribution < -0.4 is 0 Å². The number of hydrogen-bond acceptors (Lipinski definition) is 4.